The van der Waals surface area contributed by atoms with E-state index in [1.165, 1.54) is 5.56 Å². The first-order chi connectivity index (χ1) is 11.8. The van der Waals surface area contributed by atoms with E-state index in [9.17, 15) is 4.79 Å². The summed E-state index contributed by atoms with van der Waals surface area (Å²) in [5.41, 5.74) is 8.78. The van der Waals surface area contributed by atoms with Crippen LogP contribution in [0.25, 0.3) is 0 Å². The molecule has 2 aromatic carbocycles. The van der Waals surface area contributed by atoms with Gasteiger partial charge < -0.3 is 10.6 Å². The molecule has 0 bridgehead atoms. The molecule has 1 aliphatic rings. The van der Waals surface area contributed by atoms with E-state index in [0.29, 0.717) is 6.54 Å². The van der Waals surface area contributed by atoms with Gasteiger partial charge in [0.25, 0.3) is 5.91 Å². The van der Waals surface area contributed by atoms with E-state index in [2.05, 4.69) is 29.2 Å². The zero-order valence-corrected chi connectivity index (χ0v) is 14.0. The minimum atomic E-state index is 0.126. The molecule has 1 aliphatic heterocycles. The summed E-state index contributed by atoms with van der Waals surface area (Å²) in [6, 6.07) is 18.2. The van der Waals surface area contributed by atoms with Crippen LogP contribution in [-0.4, -0.2) is 48.4 Å². The summed E-state index contributed by atoms with van der Waals surface area (Å²) >= 11 is 0. The van der Waals surface area contributed by atoms with Crippen LogP contribution in [0.1, 0.15) is 21.5 Å². The van der Waals surface area contributed by atoms with Crippen LogP contribution in [-0.2, 0) is 13.0 Å². The molecular weight excluding hydrogens is 298 g/mol. The minimum Gasteiger partial charge on any atom is -0.336 e. The Kier molecular flexibility index (Phi) is 5.62. The summed E-state index contributed by atoms with van der Waals surface area (Å²) < 4.78 is 0. The third kappa shape index (κ3) is 4.22. The topological polar surface area (TPSA) is 49.6 Å². The maximum absolute atomic E-state index is 12.6. The molecule has 2 N–H and O–H groups in total. The molecule has 1 amide bonds. The number of nitrogens with zero attached hydrogens (tertiary/aromatic N) is 2. The Bertz CT molecular complexity index is 646. The summed E-state index contributed by atoms with van der Waals surface area (Å²) in [5, 5.41) is 0. The highest BCUT2D eigenvalue weighted by molar-refractivity contribution is 5.94. The zero-order chi connectivity index (χ0) is 16.8. The van der Waals surface area contributed by atoms with Crippen molar-refractivity contribution in [3.63, 3.8) is 0 Å². The van der Waals surface area contributed by atoms with E-state index < -0.39 is 0 Å². The number of hydrogen-bond donors (Lipinski definition) is 1. The van der Waals surface area contributed by atoms with E-state index >= 15 is 0 Å². The van der Waals surface area contributed by atoms with Crippen molar-refractivity contribution in [3.8, 4) is 0 Å². The molecular formula is C20H25N3O. The highest BCUT2D eigenvalue weighted by Gasteiger charge is 2.21. The fourth-order valence-corrected chi connectivity index (χ4v) is 3.07. The lowest BCUT2D eigenvalue weighted by Crippen LogP contribution is -2.49. The summed E-state index contributed by atoms with van der Waals surface area (Å²) in [4.78, 5) is 17.0. The predicted octanol–water partition coefficient (Wildman–Crippen LogP) is 2.15. The minimum absolute atomic E-state index is 0.126. The summed E-state index contributed by atoms with van der Waals surface area (Å²) in [6.45, 7) is 5.04. The largest absolute Gasteiger partial charge is 0.336 e. The van der Waals surface area contributed by atoms with Gasteiger partial charge in [-0.05, 0) is 29.7 Å². The Morgan fingerprint density at radius 1 is 0.875 bits per heavy atom. The smallest absolute Gasteiger partial charge is 0.253 e. The average molecular weight is 323 g/mol. The van der Waals surface area contributed by atoms with Crippen molar-refractivity contribution in [3.05, 3.63) is 71.3 Å². The number of nitrogens with two attached hydrogens (primary N) is 1. The van der Waals surface area contributed by atoms with Gasteiger partial charge in [-0.25, -0.2) is 0 Å². The van der Waals surface area contributed by atoms with Crippen LogP contribution in [0.15, 0.2) is 54.6 Å². The highest BCUT2D eigenvalue weighted by Crippen LogP contribution is 2.11. The van der Waals surface area contributed by atoms with Crippen LogP contribution >= 0.6 is 0 Å². The Labute approximate surface area is 143 Å². The molecule has 4 heteroatoms. The van der Waals surface area contributed by atoms with E-state index in [0.717, 1.165) is 50.3 Å². The number of carbonyl (C=O) groups excluding carboxylic acids is 1. The first-order valence-electron chi connectivity index (χ1n) is 8.61. The molecule has 1 saturated heterocycles. The predicted molar refractivity (Wildman–Crippen MR) is 96.8 cm³/mol. The molecule has 1 heterocycles. The van der Waals surface area contributed by atoms with E-state index in [4.69, 9.17) is 5.73 Å². The fraction of sp³-hybridized carbons (Fsp3) is 0.350. The molecule has 0 aliphatic carbocycles. The summed E-state index contributed by atoms with van der Waals surface area (Å²) in [6.07, 6.45) is 1.06. The van der Waals surface area contributed by atoms with Crippen LogP contribution in [0.4, 0.5) is 0 Å². The second-order valence-corrected chi connectivity index (χ2v) is 6.27. The van der Waals surface area contributed by atoms with Crippen LogP contribution in [0.3, 0.4) is 0 Å². The van der Waals surface area contributed by atoms with Crippen LogP contribution in [0.5, 0.6) is 0 Å². The van der Waals surface area contributed by atoms with Crippen molar-refractivity contribution >= 4 is 5.91 Å². The molecule has 1 fully saturated rings. The number of rotatable bonds is 5. The van der Waals surface area contributed by atoms with Crippen LogP contribution in [0, 0.1) is 0 Å². The molecule has 0 aromatic heterocycles. The number of carbonyl (C=O) groups is 1. The average Bonchev–Trinajstić information content (AvgIpc) is 2.67. The molecule has 4 nitrogen and oxygen atoms in total. The van der Waals surface area contributed by atoms with Gasteiger partial charge in [-0.1, -0.05) is 42.5 Å². The molecule has 0 unspecified atom stereocenters. The van der Waals surface area contributed by atoms with Gasteiger partial charge in [0.05, 0.1) is 0 Å². The number of amides is 1. The van der Waals surface area contributed by atoms with Gasteiger partial charge in [-0.3, -0.25) is 9.69 Å². The van der Waals surface area contributed by atoms with Gasteiger partial charge in [-0.15, -0.1) is 0 Å². The molecule has 0 atom stereocenters. The summed E-state index contributed by atoms with van der Waals surface area (Å²) in [7, 11) is 0. The third-order valence-electron chi connectivity index (χ3n) is 4.66. The lowest BCUT2D eigenvalue weighted by molar-refractivity contribution is 0.0638. The summed E-state index contributed by atoms with van der Waals surface area (Å²) in [5.74, 6) is 0.126. The van der Waals surface area contributed by atoms with E-state index in [-0.39, 0.29) is 5.91 Å². The zero-order valence-electron chi connectivity index (χ0n) is 14.0. The maximum Gasteiger partial charge on any atom is 0.253 e. The lowest BCUT2D eigenvalue weighted by Gasteiger charge is -2.34. The van der Waals surface area contributed by atoms with Gasteiger partial charge in [0.15, 0.2) is 0 Å². The number of hydrogen-bond acceptors (Lipinski definition) is 3. The van der Waals surface area contributed by atoms with Crippen molar-refractivity contribution in [2.45, 2.75) is 13.0 Å². The SMILES string of the molecule is NCc1ccc(C(=O)N2CCN(CCc3ccccc3)CC2)cc1. The van der Waals surface area contributed by atoms with E-state index in [1.807, 2.05) is 35.2 Å². The highest BCUT2D eigenvalue weighted by atomic mass is 16.2. The van der Waals surface area contributed by atoms with Gasteiger partial charge in [-0.2, -0.15) is 0 Å². The van der Waals surface area contributed by atoms with Crippen molar-refractivity contribution in [2.24, 2.45) is 5.73 Å². The maximum atomic E-state index is 12.6. The van der Waals surface area contributed by atoms with E-state index in [1.54, 1.807) is 0 Å². The number of benzene rings is 2. The quantitative estimate of drug-likeness (QED) is 0.917. The van der Waals surface area contributed by atoms with Crippen molar-refractivity contribution in [1.29, 1.82) is 0 Å². The monoisotopic (exact) mass is 323 g/mol. The second-order valence-electron chi connectivity index (χ2n) is 6.27. The van der Waals surface area contributed by atoms with Crippen molar-refractivity contribution in [1.82, 2.24) is 9.80 Å². The van der Waals surface area contributed by atoms with Gasteiger partial charge in [0, 0.05) is 44.8 Å². The Balaban J connectivity index is 1.48. The van der Waals surface area contributed by atoms with Crippen LogP contribution in [0.2, 0.25) is 0 Å². The molecule has 126 valence electrons. The number of piperazine rings is 1. The van der Waals surface area contributed by atoms with Gasteiger partial charge in [0.2, 0.25) is 0 Å². The van der Waals surface area contributed by atoms with Gasteiger partial charge in [0.1, 0.15) is 0 Å². The fourth-order valence-electron chi connectivity index (χ4n) is 3.07. The molecule has 24 heavy (non-hydrogen) atoms. The molecule has 0 radical (unpaired) electrons. The molecule has 2 aromatic rings. The Morgan fingerprint density at radius 3 is 2.17 bits per heavy atom. The van der Waals surface area contributed by atoms with Crippen LogP contribution < -0.4 is 5.73 Å². The molecule has 0 saturated carbocycles. The molecule has 0 spiro atoms. The van der Waals surface area contributed by atoms with Crippen molar-refractivity contribution in [2.75, 3.05) is 32.7 Å². The normalized spacial score (nSPS) is 15.5. The third-order valence-corrected chi connectivity index (χ3v) is 4.66. The first-order valence-corrected chi connectivity index (χ1v) is 8.61. The standard InChI is InChI=1S/C20H25N3O/c21-16-18-6-8-19(9-7-18)20(24)23-14-12-22(13-15-23)11-10-17-4-2-1-3-5-17/h1-9H,10-16,21H2. The Hall–Kier alpha value is -2.17. The second kappa shape index (κ2) is 8.08. The Morgan fingerprint density at radius 2 is 1.54 bits per heavy atom. The molecule has 3 rings (SSSR count). The van der Waals surface area contributed by atoms with Crippen molar-refractivity contribution < 1.29 is 4.79 Å². The van der Waals surface area contributed by atoms with Gasteiger partial charge >= 0.3 is 0 Å². The first kappa shape index (κ1) is 16.7. The lowest BCUT2D eigenvalue weighted by atomic mass is 10.1.